The summed E-state index contributed by atoms with van der Waals surface area (Å²) in [6.07, 6.45) is 5.92. The maximum atomic E-state index is 13.7. The van der Waals surface area contributed by atoms with E-state index in [9.17, 15) is 9.59 Å². The molecule has 0 unspecified atom stereocenters. The molecule has 36 heavy (non-hydrogen) atoms. The first-order chi connectivity index (χ1) is 17.5. The molecule has 1 saturated carbocycles. The molecule has 3 aromatic heterocycles. The molecule has 0 radical (unpaired) electrons. The molecule has 0 spiro atoms. The Bertz CT molecular complexity index is 1480. The summed E-state index contributed by atoms with van der Waals surface area (Å²) in [6, 6.07) is 13.1. The second kappa shape index (κ2) is 8.86. The first-order valence-corrected chi connectivity index (χ1v) is 12.5. The van der Waals surface area contributed by atoms with Gasteiger partial charge in [0.15, 0.2) is 11.5 Å². The molecule has 0 atom stereocenters. The number of nitrogens with one attached hydrogen (secondary N) is 1. The van der Waals surface area contributed by atoms with Crippen molar-refractivity contribution in [2.24, 2.45) is 0 Å². The molecule has 2 aliphatic rings. The molecule has 1 N–H and O–H groups in total. The van der Waals surface area contributed by atoms with Gasteiger partial charge in [-0.2, -0.15) is 9.78 Å². The zero-order chi connectivity index (χ0) is 24.8. The number of pyridine rings is 2. The number of aromatic nitrogens is 4. The number of aryl methyl sites for hydroxylation is 1. The van der Waals surface area contributed by atoms with Gasteiger partial charge in [-0.15, -0.1) is 0 Å². The van der Waals surface area contributed by atoms with Gasteiger partial charge in [0.1, 0.15) is 0 Å². The average molecular weight is 481 g/mol. The molecule has 1 aliphatic carbocycles. The summed E-state index contributed by atoms with van der Waals surface area (Å²) in [6.45, 7) is 5.35. The predicted octanol–water partition coefficient (Wildman–Crippen LogP) is 4.80. The topological polar surface area (TPSA) is 93.0 Å². The van der Waals surface area contributed by atoms with Gasteiger partial charge in [0.25, 0.3) is 11.8 Å². The number of hydrogen-bond donors (Lipinski definition) is 1. The quantitative estimate of drug-likeness (QED) is 0.443. The predicted molar refractivity (Wildman–Crippen MR) is 138 cm³/mol. The number of benzene rings is 1. The highest BCUT2D eigenvalue weighted by Crippen LogP contribution is 2.41. The van der Waals surface area contributed by atoms with E-state index in [2.05, 4.69) is 10.3 Å². The SMILES string of the molecule is Cc1c(NC(=O)c2cc(C3CC3)nc3c2c(C)nn3-c2ccccn2)cccc1C(=O)N1CCCC1. The van der Waals surface area contributed by atoms with Crippen molar-refractivity contribution in [3.05, 3.63) is 76.7 Å². The van der Waals surface area contributed by atoms with Crippen LogP contribution < -0.4 is 5.32 Å². The van der Waals surface area contributed by atoms with Crippen LogP contribution in [-0.2, 0) is 0 Å². The number of anilines is 1. The first-order valence-electron chi connectivity index (χ1n) is 12.5. The van der Waals surface area contributed by atoms with Crippen molar-refractivity contribution < 1.29 is 9.59 Å². The van der Waals surface area contributed by atoms with Gasteiger partial charge in [0.05, 0.1) is 16.6 Å². The third-order valence-corrected chi connectivity index (χ3v) is 7.14. The Kier molecular flexibility index (Phi) is 5.51. The van der Waals surface area contributed by atoms with E-state index >= 15 is 0 Å². The molecule has 1 saturated heterocycles. The van der Waals surface area contributed by atoms with Crippen molar-refractivity contribution in [3.8, 4) is 5.82 Å². The number of fused-ring (bicyclic) bond motifs is 1. The van der Waals surface area contributed by atoms with Crippen molar-refractivity contribution in [2.45, 2.75) is 45.4 Å². The standard InChI is InChI=1S/C28H28N6O2/c1-17-20(28(36)33-14-5-6-15-33)8-7-9-22(17)31-27(35)21-16-23(19-11-12-19)30-26-25(21)18(2)32-34(26)24-10-3-4-13-29-24/h3-4,7-10,13,16,19H,5-6,11-12,14-15H2,1-2H3,(H,31,35). The molecule has 8 nitrogen and oxygen atoms in total. The Morgan fingerprint density at radius 1 is 1.00 bits per heavy atom. The summed E-state index contributed by atoms with van der Waals surface area (Å²) in [5.74, 6) is 0.806. The first kappa shape index (κ1) is 22.4. The third-order valence-electron chi connectivity index (χ3n) is 7.14. The van der Waals surface area contributed by atoms with Gasteiger partial charge in [-0.05, 0) is 75.4 Å². The molecule has 0 bridgehead atoms. The molecule has 6 rings (SSSR count). The number of hydrogen-bond acceptors (Lipinski definition) is 5. The highest BCUT2D eigenvalue weighted by Gasteiger charge is 2.29. The highest BCUT2D eigenvalue weighted by atomic mass is 16.2. The van der Waals surface area contributed by atoms with Crippen LogP contribution in [0.1, 0.15) is 69.3 Å². The average Bonchev–Trinajstić information content (AvgIpc) is 3.49. The lowest BCUT2D eigenvalue weighted by atomic mass is 10.0. The van der Waals surface area contributed by atoms with Crippen LogP contribution in [0.15, 0.2) is 48.7 Å². The molecule has 4 aromatic rings. The maximum absolute atomic E-state index is 13.7. The van der Waals surface area contributed by atoms with Crippen LogP contribution in [0.2, 0.25) is 0 Å². The van der Waals surface area contributed by atoms with Crippen LogP contribution in [0, 0.1) is 13.8 Å². The molecule has 1 aromatic carbocycles. The van der Waals surface area contributed by atoms with E-state index in [1.54, 1.807) is 10.9 Å². The van der Waals surface area contributed by atoms with Crippen LogP contribution in [0.4, 0.5) is 5.69 Å². The Balaban J connectivity index is 1.40. The number of carbonyl (C=O) groups excluding carboxylic acids is 2. The minimum absolute atomic E-state index is 0.0240. The summed E-state index contributed by atoms with van der Waals surface area (Å²) < 4.78 is 1.72. The van der Waals surface area contributed by atoms with Crippen molar-refractivity contribution in [1.29, 1.82) is 0 Å². The van der Waals surface area contributed by atoms with E-state index in [0.29, 0.717) is 45.3 Å². The van der Waals surface area contributed by atoms with Crippen molar-refractivity contribution in [2.75, 3.05) is 18.4 Å². The van der Waals surface area contributed by atoms with E-state index in [4.69, 9.17) is 10.1 Å². The Morgan fingerprint density at radius 3 is 2.53 bits per heavy atom. The second-order valence-corrected chi connectivity index (χ2v) is 9.68. The van der Waals surface area contributed by atoms with Gasteiger partial charge in [-0.3, -0.25) is 9.59 Å². The lowest BCUT2D eigenvalue weighted by Crippen LogP contribution is -2.28. The van der Waals surface area contributed by atoms with Crippen LogP contribution in [0.25, 0.3) is 16.9 Å². The molecule has 2 amide bonds. The molecular weight excluding hydrogens is 452 g/mol. The summed E-state index contributed by atoms with van der Waals surface area (Å²) in [7, 11) is 0. The number of amides is 2. The third kappa shape index (κ3) is 3.92. The van der Waals surface area contributed by atoms with Gasteiger partial charge >= 0.3 is 0 Å². The fourth-order valence-corrected chi connectivity index (χ4v) is 5.00. The fourth-order valence-electron chi connectivity index (χ4n) is 5.00. The number of carbonyl (C=O) groups is 2. The van der Waals surface area contributed by atoms with Gasteiger partial charge in [0, 0.05) is 42.1 Å². The van der Waals surface area contributed by atoms with Gasteiger partial charge in [-0.1, -0.05) is 12.1 Å². The normalized spacial score (nSPS) is 15.4. The van der Waals surface area contributed by atoms with E-state index in [-0.39, 0.29) is 11.8 Å². The van der Waals surface area contributed by atoms with Crippen LogP contribution in [0.3, 0.4) is 0 Å². The van der Waals surface area contributed by atoms with Gasteiger partial charge in [-0.25, -0.2) is 9.97 Å². The van der Waals surface area contributed by atoms with Crippen LogP contribution >= 0.6 is 0 Å². The summed E-state index contributed by atoms with van der Waals surface area (Å²) >= 11 is 0. The molecule has 182 valence electrons. The molecule has 2 fully saturated rings. The monoisotopic (exact) mass is 480 g/mol. The van der Waals surface area contributed by atoms with E-state index in [1.165, 1.54) is 0 Å². The Hall–Kier alpha value is -4.07. The Labute approximate surface area is 209 Å². The Morgan fingerprint density at radius 2 is 1.81 bits per heavy atom. The van der Waals surface area contributed by atoms with E-state index in [0.717, 1.165) is 50.0 Å². The van der Waals surface area contributed by atoms with Crippen molar-refractivity contribution in [1.82, 2.24) is 24.6 Å². The van der Waals surface area contributed by atoms with Gasteiger partial charge < -0.3 is 10.2 Å². The fraction of sp³-hybridized carbons (Fsp3) is 0.321. The lowest BCUT2D eigenvalue weighted by Gasteiger charge is -2.18. The van der Waals surface area contributed by atoms with Crippen molar-refractivity contribution in [3.63, 3.8) is 0 Å². The zero-order valence-electron chi connectivity index (χ0n) is 20.5. The summed E-state index contributed by atoms with van der Waals surface area (Å²) in [4.78, 5) is 38.0. The molecule has 1 aliphatic heterocycles. The van der Waals surface area contributed by atoms with E-state index < -0.39 is 0 Å². The summed E-state index contributed by atoms with van der Waals surface area (Å²) in [5.41, 5.74) is 4.83. The number of nitrogens with zero attached hydrogens (tertiary/aromatic N) is 5. The van der Waals surface area contributed by atoms with Crippen LogP contribution in [0.5, 0.6) is 0 Å². The molecule has 4 heterocycles. The lowest BCUT2D eigenvalue weighted by molar-refractivity contribution is 0.0791. The maximum Gasteiger partial charge on any atom is 0.256 e. The molecule has 8 heteroatoms. The van der Waals surface area contributed by atoms with E-state index in [1.807, 2.05) is 61.2 Å². The van der Waals surface area contributed by atoms with Gasteiger partial charge in [0.2, 0.25) is 0 Å². The summed E-state index contributed by atoms with van der Waals surface area (Å²) in [5, 5.41) is 8.48. The zero-order valence-corrected chi connectivity index (χ0v) is 20.5. The number of likely N-dealkylation sites (tertiary alicyclic amines) is 1. The smallest absolute Gasteiger partial charge is 0.256 e. The minimum Gasteiger partial charge on any atom is -0.339 e. The largest absolute Gasteiger partial charge is 0.339 e. The van der Waals surface area contributed by atoms with Crippen molar-refractivity contribution >= 4 is 28.5 Å². The molecular formula is C28H28N6O2. The minimum atomic E-state index is -0.234. The highest BCUT2D eigenvalue weighted by molar-refractivity contribution is 6.13. The number of rotatable bonds is 5. The second-order valence-electron chi connectivity index (χ2n) is 9.68. The van der Waals surface area contributed by atoms with Crippen LogP contribution in [-0.4, -0.2) is 49.6 Å².